The Bertz CT molecular complexity index is 634. The normalized spacial score (nSPS) is 14.5. The van der Waals surface area contributed by atoms with Gasteiger partial charge in [0, 0.05) is 18.6 Å². The van der Waals surface area contributed by atoms with Crippen LogP contribution in [-0.4, -0.2) is 15.1 Å². The van der Waals surface area contributed by atoms with Crippen LogP contribution in [0.3, 0.4) is 0 Å². The van der Waals surface area contributed by atoms with Gasteiger partial charge in [-0.2, -0.15) is 4.98 Å². The van der Waals surface area contributed by atoms with E-state index in [1.165, 1.54) is 31.0 Å². The van der Waals surface area contributed by atoms with Gasteiger partial charge >= 0.3 is 0 Å². The van der Waals surface area contributed by atoms with Crippen molar-refractivity contribution in [2.45, 2.75) is 19.3 Å². The molecular weight excluding hydrogens is 248 g/mol. The van der Waals surface area contributed by atoms with E-state index in [2.05, 4.69) is 10.1 Å². The average Bonchev–Trinajstić information content (AvgIpc) is 3.06. The summed E-state index contributed by atoms with van der Waals surface area (Å²) < 4.78 is 5.15. The summed E-state index contributed by atoms with van der Waals surface area (Å²) in [6.07, 6.45) is 3.24. The third kappa shape index (κ3) is 2.40. The predicted molar refractivity (Wildman–Crippen MR) is 67.2 cm³/mol. The second kappa shape index (κ2) is 4.34. The van der Waals surface area contributed by atoms with Gasteiger partial charge in [-0.15, -0.1) is 0 Å². The third-order valence-electron chi connectivity index (χ3n) is 3.11. The Morgan fingerprint density at radius 2 is 2.26 bits per heavy atom. The number of benzene rings is 1. The molecule has 1 heterocycles. The van der Waals surface area contributed by atoms with E-state index >= 15 is 0 Å². The van der Waals surface area contributed by atoms with Gasteiger partial charge in [-0.3, -0.25) is 10.1 Å². The number of hydrogen-bond donors (Lipinski definition) is 1. The van der Waals surface area contributed by atoms with Gasteiger partial charge in [0.05, 0.1) is 16.2 Å². The molecule has 1 aliphatic carbocycles. The predicted octanol–water partition coefficient (Wildman–Crippen LogP) is 2.18. The first kappa shape index (κ1) is 11.6. The largest absolute Gasteiger partial charge is 0.398 e. The zero-order valence-electron chi connectivity index (χ0n) is 10.1. The number of anilines is 1. The van der Waals surface area contributed by atoms with Crippen LogP contribution < -0.4 is 5.73 Å². The Morgan fingerprint density at radius 1 is 1.47 bits per heavy atom. The molecule has 98 valence electrons. The fourth-order valence-corrected chi connectivity index (χ4v) is 1.88. The number of non-ortho nitro benzene ring substituents is 1. The van der Waals surface area contributed by atoms with E-state index < -0.39 is 4.92 Å². The topological polar surface area (TPSA) is 108 Å². The highest BCUT2D eigenvalue weighted by molar-refractivity contribution is 5.72. The van der Waals surface area contributed by atoms with Crippen LogP contribution >= 0.6 is 0 Å². The molecule has 0 spiro atoms. The van der Waals surface area contributed by atoms with E-state index in [0.717, 1.165) is 6.42 Å². The fourth-order valence-electron chi connectivity index (χ4n) is 1.88. The number of nitro benzene ring substituents is 1. The number of rotatable bonds is 4. The molecule has 0 atom stereocenters. The van der Waals surface area contributed by atoms with Crippen LogP contribution in [-0.2, 0) is 6.42 Å². The fraction of sp³-hybridized carbons (Fsp3) is 0.333. The molecule has 1 fully saturated rings. The van der Waals surface area contributed by atoms with Crippen molar-refractivity contribution >= 4 is 11.4 Å². The van der Waals surface area contributed by atoms with Gasteiger partial charge in [-0.05, 0) is 24.8 Å². The van der Waals surface area contributed by atoms with Crippen LogP contribution in [0.1, 0.15) is 18.7 Å². The van der Waals surface area contributed by atoms with Crippen molar-refractivity contribution < 1.29 is 9.45 Å². The molecule has 3 rings (SSSR count). The number of nitrogen functional groups attached to an aromatic ring is 1. The highest BCUT2D eigenvalue weighted by Crippen LogP contribution is 2.33. The van der Waals surface area contributed by atoms with E-state index in [4.69, 9.17) is 10.3 Å². The summed E-state index contributed by atoms with van der Waals surface area (Å²) in [5.41, 5.74) is 6.51. The lowest BCUT2D eigenvalue weighted by Gasteiger charge is -1.99. The summed E-state index contributed by atoms with van der Waals surface area (Å²) in [5.74, 6) is 1.64. The molecule has 1 aromatic heterocycles. The Balaban J connectivity index is 1.88. The van der Waals surface area contributed by atoms with Gasteiger partial charge in [-0.1, -0.05) is 5.16 Å². The lowest BCUT2D eigenvalue weighted by Crippen LogP contribution is -1.94. The summed E-state index contributed by atoms with van der Waals surface area (Å²) in [5, 5.41) is 14.5. The lowest BCUT2D eigenvalue weighted by molar-refractivity contribution is -0.384. The van der Waals surface area contributed by atoms with Crippen molar-refractivity contribution in [3.05, 3.63) is 34.1 Å². The summed E-state index contributed by atoms with van der Waals surface area (Å²) in [4.78, 5) is 14.4. The van der Waals surface area contributed by atoms with Gasteiger partial charge in [0.25, 0.3) is 11.6 Å². The molecule has 19 heavy (non-hydrogen) atoms. The molecule has 0 saturated heterocycles. The zero-order valence-corrected chi connectivity index (χ0v) is 10.1. The van der Waals surface area contributed by atoms with E-state index in [0.29, 0.717) is 23.2 Å². The monoisotopic (exact) mass is 260 g/mol. The van der Waals surface area contributed by atoms with Gasteiger partial charge in [-0.25, -0.2) is 0 Å². The van der Waals surface area contributed by atoms with E-state index in [-0.39, 0.29) is 11.4 Å². The molecule has 1 aliphatic rings. The Morgan fingerprint density at radius 3 is 2.89 bits per heavy atom. The van der Waals surface area contributed by atoms with Gasteiger partial charge in [0.15, 0.2) is 5.82 Å². The minimum absolute atomic E-state index is 0.0565. The molecule has 0 radical (unpaired) electrons. The van der Waals surface area contributed by atoms with Gasteiger partial charge in [0.2, 0.25) is 0 Å². The molecule has 2 N–H and O–H groups in total. The SMILES string of the molecule is Nc1cc([N+](=O)[O-])ccc1-c1nc(CC2CC2)no1. The van der Waals surface area contributed by atoms with Crippen molar-refractivity contribution in [1.82, 2.24) is 10.1 Å². The van der Waals surface area contributed by atoms with Crippen molar-refractivity contribution in [1.29, 1.82) is 0 Å². The Labute approximate surface area is 108 Å². The van der Waals surface area contributed by atoms with Crippen LogP contribution in [0.4, 0.5) is 11.4 Å². The second-order valence-corrected chi connectivity index (χ2v) is 4.69. The first-order valence-corrected chi connectivity index (χ1v) is 6.00. The van der Waals surface area contributed by atoms with Crippen molar-refractivity contribution in [2.75, 3.05) is 5.73 Å². The lowest BCUT2D eigenvalue weighted by atomic mass is 10.1. The highest BCUT2D eigenvalue weighted by Gasteiger charge is 2.24. The standard InChI is InChI=1S/C12H12N4O3/c13-10-6-8(16(17)18)3-4-9(10)12-14-11(15-19-12)5-7-1-2-7/h3-4,6-7H,1-2,5,13H2. The van der Waals surface area contributed by atoms with Gasteiger partial charge < -0.3 is 10.3 Å². The van der Waals surface area contributed by atoms with Crippen molar-refractivity contribution in [2.24, 2.45) is 5.92 Å². The molecule has 7 nitrogen and oxygen atoms in total. The Hall–Kier alpha value is -2.44. The molecular formula is C12H12N4O3. The highest BCUT2D eigenvalue weighted by atomic mass is 16.6. The first-order valence-electron chi connectivity index (χ1n) is 6.00. The van der Waals surface area contributed by atoms with Crippen LogP contribution in [0, 0.1) is 16.0 Å². The third-order valence-corrected chi connectivity index (χ3v) is 3.11. The van der Waals surface area contributed by atoms with E-state index in [9.17, 15) is 10.1 Å². The molecule has 1 saturated carbocycles. The molecule has 1 aromatic carbocycles. The zero-order chi connectivity index (χ0) is 13.4. The minimum Gasteiger partial charge on any atom is -0.398 e. The summed E-state index contributed by atoms with van der Waals surface area (Å²) in [6.45, 7) is 0. The average molecular weight is 260 g/mol. The van der Waals surface area contributed by atoms with Crippen molar-refractivity contribution in [3.63, 3.8) is 0 Å². The molecule has 0 aliphatic heterocycles. The first-order chi connectivity index (χ1) is 9.13. The maximum absolute atomic E-state index is 10.6. The van der Waals surface area contributed by atoms with Crippen LogP contribution in [0.2, 0.25) is 0 Å². The number of nitrogens with two attached hydrogens (primary N) is 1. The second-order valence-electron chi connectivity index (χ2n) is 4.69. The minimum atomic E-state index is -0.494. The summed E-state index contributed by atoms with van der Waals surface area (Å²) in [7, 11) is 0. The van der Waals surface area contributed by atoms with Crippen LogP contribution in [0.25, 0.3) is 11.5 Å². The van der Waals surface area contributed by atoms with Crippen LogP contribution in [0.5, 0.6) is 0 Å². The molecule has 0 amide bonds. The molecule has 7 heteroatoms. The number of nitro groups is 1. The molecule has 0 bridgehead atoms. The van der Waals surface area contributed by atoms with Crippen molar-refractivity contribution in [3.8, 4) is 11.5 Å². The molecule has 2 aromatic rings. The van der Waals surface area contributed by atoms with E-state index in [1.807, 2.05) is 0 Å². The maximum Gasteiger partial charge on any atom is 0.271 e. The smallest absolute Gasteiger partial charge is 0.271 e. The number of hydrogen-bond acceptors (Lipinski definition) is 6. The quantitative estimate of drug-likeness (QED) is 0.512. The Kier molecular flexibility index (Phi) is 2.66. The maximum atomic E-state index is 10.6. The summed E-state index contributed by atoms with van der Waals surface area (Å²) >= 11 is 0. The summed E-state index contributed by atoms with van der Waals surface area (Å²) in [6, 6.07) is 4.19. The van der Waals surface area contributed by atoms with Gasteiger partial charge in [0.1, 0.15) is 0 Å². The number of nitrogens with zero attached hydrogens (tertiary/aromatic N) is 3. The number of aromatic nitrogens is 2. The van der Waals surface area contributed by atoms with E-state index in [1.54, 1.807) is 0 Å². The molecule has 0 unspecified atom stereocenters. The van der Waals surface area contributed by atoms with Crippen LogP contribution in [0.15, 0.2) is 22.7 Å².